The highest BCUT2D eigenvalue weighted by Gasteiger charge is 2.28. The molecule has 0 saturated heterocycles. The molecule has 1 amide bonds. The van der Waals surface area contributed by atoms with Crippen molar-refractivity contribution in [3.8, 4) is 0 Å². The Morgan fingerprint density at radius 3 is 2.11 bits per heavy atom. The van der Waals surface area contributed by atoms with E-state index in [0.717, 1.165) is 12.8 Å². The Morgan fingerprint density at radius 1 is 1.28 bits per heavy atom. The summed E-state index contributed by atoms with van der Waals surface area (Å²) >= 11 is 0. The van der Waals surface area contributed by atoms with Gasteiger partial charge in [0.2, 0.25) is 0 Å². The molecule has 5 heteroatoms. The van der Waals surface area contributed by atoms with Crippen molar-refractivity contribution in [2.45, 2.75) is 65.2 Å². The molecule has 108 valence electrons. The average Bonchev–Trinajstić information content (AvgIpc) is 2.26. The first-order valence-corrected chi connectivity index (χ1v) is 6.53. The van der Waals surface area contributed by atoms with E-state index in [-0.39, 0.29) is 19.2 Å². The summed E-state index contributed by atoms with van der Waals surface area (Å²) in [6.07, 6.45) is 0.198. The minimum atomic E-state index is -0.932. The molecule has 0 aromatic heterocycles. The van der Waals surface area contributed by atoms with E-state index in [9.17, 15) is 9.90 Å². The summed E-state index contributed by atoms with van der Waals surface area (Å²) in [6.45, 7) is 9.11. The van der Waals surface area contributed by atoms with Crippen molar-refractivity contribution >= 4 is 6.09 Å². The second kappa shape index (κ2) is 7.59. The Labute approximate surface area is 110 Å². The van der Waals surface area contributed by atoms with E-state index in [4.69, 9.17) is 9.84 Å². The molecule has 0 spiro atoms. The van der Waals surface area contributed by atoms with Gasteiger partial charge in [0.15, 0.2) is 0 Å². The van der Waals surface area contributed by atoms with E-state index in [1.807, 2.05) is 13.8 Å². The molecule has 18 heavy (non-hydrogen) atoms. The Morgan fingerprint density at radius 2 is 1.78 bits per heavy atom. The summed E-state index contributed by atoms with van der Waals surface area (Å²) < 4.78 is 5.32. The molecular formula is C13H27NO4. The van der Waals surface area contributed by atoms with Gasteiger partial charge in [0, 0.05) is 6.04 Å². The van der Waals surface area contributed by atoms with Crippen LogP contribution in [0.15, 0.2) is 0 Å². The third-order valence-electron chi connectivity index (χ3n) is 2.63. The standard InChI is InChI=1S/C13H27NO4/c1-6-10(7-2)14(8-11(16)9-15)12(17)18-13(3,4)5/h10-11,15-16H,6-9H2,1-5H3/t11-/m1/s1. The molecule has 0 rings (SSSR count). The van der Waals surface area contributed by atoms with Crippen molar-refractivity contribution < 1.29 is 19.7 Å². The highest BCUT2D eigenvalue weighted by Crippen LogP contribution is 2.15. The number of ether oxygens (including phenoxy) is 1. The van der Waals surface area contributed by atoms with Gasteiger partial charge in [0.1, 0.15) is 5.60 Å². The van der Waals surface area contributed by atoms with Crippen LogP contribution < -0.4 is 0 Å². The lowest BCUT2D eigenvalue weighted by Crippen LogP contribution is -2.47. The lowest BCUT2D eigenvalue weighted by molar-refractivity contribution is -0.00452. The largest absolute Gasteiger partial charge is 0.444 e. The van der Waals surface area contributed by atoms with Crippen LogP contribution in [0.25, 0.3) is 0 Å². The van der Waals surface area contributed by atoms with E-state index in [0.29, 0.717) is 0 Å². The molecule has 2 N–H and O–H groups in total. The summed E-state index contributed by atoms with van der Waals surface area (Å²) in [7, 11) is 0. The van der Waals surface area contributed by atoms with Gasteiger partial charge < -0.3 is 19.8 Å². The molecule has 0 aliphatic rings. The molecule has 0 saturated carbocycles. The van der Waals surface area contributed by atoms with Crippen LogP contribution in [-0.4, -0.2) is 52.1 Å². The van der Waals surface area contributed by atoms with Crippen molar-refractivity contribution in [2.24, 2.45) is 0 Å². The van der Waals surface area contributed by atoms with Crippen molar-refractivity contribution in [2.75, 3.05) is 13.2 Å². The third kappa shape index (κ3) is 6.21. The van der Waals surface area contributed by atoms with Gasteiger partial charge in [0.05, 0.1) is 19.3 Å². The normalized spacial score (nSPS) is 13.6. The number of carbonyl (C=O) groups is 1. The highest BCUT2D eigenvalue weighted by atomic mass is 16.6. The Hall–Kier alpha value is -0.810. The van der Waals surface area contributed by atoms with Crippen molar-refractivity contribution in [1.29, 1.82) is 0 Å². The third-order valence-corrected chi connectivity index (χ3v) is 2.63. The zero-order chi connectivity index (χ0) is 14.3. The van der Waals surface area contributed by atoms with Gasteiger partial charge in [-0.3, -0.25) is 0 Å². The first-order chi connectivity index (χ1) is 8.25. The number of hydrogen-bond acceptors (Lipinski definition) is 4. The number of nitrogens with zero attached hydrogens (tertiary/aromatic N) is 1. The summed E-state index contributed by atoms with van der Waals surface area (Å²) in [6, 6.07) is 0.0149. The second-order valence-corrected chi connectivity index (χ2v) is 5.44. The first kappa shape index (κ1) is 17.2. The van der Waals surface area contributed by atoms with Crippen LogP contribution in [0.5, 0.6) is 0 Å². The number of amides is 1. The molecular weight excluding hydrogens is 234 g/mol. The molecule has 5 nitrogen and oxygen atoms in total. The minimum absolute atomic E-state index is 0.0149. The zero-order valence-corrected chi connectivity index (χ0v) is 12.1. The van der Waals surface area contributed by atoms with Crippen LogP contribution in [0, 0.1) is 0 Å². The number of aliphatic hydroxyl groups excluding tert-OH is 2. The maximum absolute atomic E-state index is 12.1. The summed E-state index contributed by atoms with van der Waals surface area (Å²) in [4.78, 5) is 13.6. The topological polar surface area (TPSA) is 70.0 Å². The van der Waals surface area contributed by atoms with Crippen molar-refractivity contribution in [1.82, 2.24) is 4.90 Å². The number of aliphatic hydroxyl groups is 2. The summed E-state index contributed by atoms with van der Waals surface area (Å²) in [5.74, 6) is 0. The minimum Gasteiger partial charge on any atom is -0.444 e. The molecule has 1 atom stereocenters. The number of hydrogen-bond donors (Lipinski definition) is 2. The average molecular weight is 261 g/mol. The van der Waals surface area contributed by atoms with Crippen molar-refractivity contribution in [3.05, 3.63) is 0 Å². The Balaban J connectivity index is 4.79. The van der Waals surface area contributed by atoms with E-state index >= 15 is 0 Å². The monoisotopic (exact) mass is 261 g/mol. The molecule has 0 aliphatic heterocycles. The van der Waals surface area contributed by atoms with E-state index in [1.54, 1.807) is 20.8 Å². The Bertz CT molecular complexity index is 246. The quantitative estimate of drug-likeness (QED) is 0.764. The van der Waals surface area contributed by atoms with Gasteiger partial charge in [-0.15, -0.1) is 0 Å². The second-order valence-electron chi connectivity index (χ2n) is 5.44. The molecule has 0 radical (unpaired) electrons. The van der Waals surface area contributed by atoms with Crippen LogP contribution in [0.3, 0.4) is 0 Å². The van der Waals surface area contributed by atoms with Gasteiger partial charge in [-0.25, -0.2) is 4.79 Å². The fraction of sp³-hybridized carbons (Fsp3) is 0.923. The predicted octanol–water partition coefficient (Wildman–Crippen LogP) is 1.77. The number of rotatable bonds is 6. The smallest absolute Gasteiger partial charge is 0.410 e. The highest BCUT2D eigenvalue weighted by molar-refractivity contribution is 5.68. The van der Waals surface area contributed by atoms with Gasteiger partial charge in [-0.05, 0) is 33.6 Å². The molecule has 0 fully saturated rings. The predicted molar refractivity (Wildman–Crippen MR) is 70.4 cm³/mol. The van der Waals surface area contributed by atoms with Crippen LogP contribution in [0.1, 0.15) is 47.5 Å². The molecule has 0 unspecified atom stereocenters. The SMILES string of the molecule is CCC(CC)N(C[C@@H](O)CO)C(=O)OC(C)(C)C. The van der Waals surface area contributed by atoms with Crippen LogP contribution in [0.2, 0.25) is 0 Å². The fourth-order valence-electron chi connectivity index (χ4n) is 1.71. The lowest BCUT2D eigenvalue weighted by atomic mass is 10.1. The van der Waals surface area contributed by atoms with E-state index < -0.39 is 17.8 Å². The summed E-state index contributed by atoms with van der Waals surface area (Å²) in [5.41, 5.74) is -0.564. The maximum atomic E-state index is 12.1. The van der Waals surface area contributed by atoms with Crippen molar-refractivity contribution in [3.63, 3.8) is 0 Å². The molecule has 0 aliphatic carbocycles. The first-order valence-electron chi connectivity index (χ1n) is 6.53. The summed E-state index contributed by atoms with van der Waals surface area (Å²) in [5, 5.41) is 18.4. The Kier molecular flexibility index (Phi) is 7.25. The van der Waals surface area contributed by atoms with Gasteiger partial charge in [-0.2, -0.15) is 0 Å². The molecule has 0 aromatic carbocycles. The fourth-order valence-corrected chi connectivity index (χ4v) is 1.71. The van der Waals surface area contributed by atoms with Crippen LogP contribution in [0.4, 0.5) is 4.79 Å². The van der Waals surface area contributed by atoms with Crippen LogP contribution >= 0.6 is 0 Å². The lowest BCUT2D eigenvalue weighted by Gasteiger charge is -2.33. The van der Waals surface area contributed by atoms with E-state index in [2.05, 4.69) is 0 Å². The zero-order valence-electron chi connectivity index (χ0n) is 12.1. The van der Waals surface area contributed by atoms with E-state index in [1.165, 1.54) is 4.90 Å². The molecule has 0 heterocycles. The molecule has 0 aromatic rings. The van der Waals surface area contributed by atoms with Crippen LogP contribution in [-0.2, 0) is 4.74 Å². The van der Waals surface area contributed by atoms with Gasteiger partial charge in [0.25, 0.3) is 0 Å². The van der Waals surface area contributed by atoms with Gasteiger partial charge in [-0.1, -0.05) is 13.8 Å². The van der Waals surface area contributed by atoms with Gasteiger partial charge >= 0.3 is 6.09 Å². The molecule has 0 bridgehead atoms. The maximum Gasteiger partial charge on any atom is 0.410 e. The number of carbonyl (C=O) groups excluding carboxylic acids is 1.